The highest BCUT2D eigenvalue weighted by Gasteiger charge is 2.24. The van der Waals surface area contributed by atoms with Crippen molar-refractivity contribution in [2.45, 2.75) is 32.5 Å². The van der Waals surface area contributed by atoms with Crippen LogP contribution in [0.3, 0.4) is 0 Å². The minimum absolute atomic E-state index is 0.412. The first kappa shape index (κ1) is 7.03. The van der Waals surface area contributed by atoms with Crippen LogP contribution in [0.1, 0.15) is 26.2 Å². The first-order valence-corrected chi connectivity index (χ1v) is 3.64. The minimum Gasteiger partial charge on any atom is -0.368 e. The summed E-state index contributed by atoms with van der Waals surface area (Å²) in [6.07, 6.45) is 2.81. The van der Waals surface area contributed by atoms with Gasteiger partial charge >= 0.3 is 0 Å². The molecule has 1 aliphatic heterocycles. The van der Waals surface area contributed by atoms with Gasteiger partial charge in [0.1, 0.15) is 0 Å². The standard InChI is InChI=1S/C7H14O2/c1-2-3-6-4-5-9-7(6)8/h6-8H,2-5H2,1H3/t6-,7?/m1/s1. The van der Waals surface area contributed by atoms with E-state index in [2.05, 4.69) is 6.92 Å². The normalized spacial score (nSPS) is 35.3. The summed E-state index contributed by atoms with van der Waals surface area (Å²) in [4.78, 5) is 0. The van der Waals surface area contributed by atoms with Crippen molar-refractivity contribution in [2.24, 2.45) is 5.92 Å². The van der Waals surface area contributed by atoms with Crippen LogP contribution in [0.5, 0.6) is 0 Å². The van der Waals surface area contributed by atoms with Crippen LogP contribution < -0.4 is 0 Å². The molecule has 1 unspecified atom stereocenters. The molecule has 1 saturated heterocycles. The molecular weight excluding hydrogens is 116 g/mol. The zero-order valence-electron chi connectivity index (χ0n) is 5.84. The Labute approximate surface area is 55.8 Å². The van der Waals surface area contributed by atoms with E-state index < -0.39 is 6.29 Å². The molecule has 2 heteroatoms. The van der Waals surface area contributed by atoms with E-state index in [4.69, 9.17) is 9.84 Å². The van der Waals surface area contributed by atoms with Gasteiger partial charge in [-0.15, -0.1) is 0 Å². The van der Waals surface area contributed by atoms with Crippen molar-refractivity contribution in [1.29, 1.82) is 0 Å². The lowest BCUT2D eigenvalue weighted by Crippen LogP contribution is -2.13. The number of aliphatic hydroxyl groups excluding tert-OH is 1. The fourth-order valence-electron chi connectivity index (χ4n) is 1.28. The van der Waals surface area contributed by atoms with E-state index in [1.54, 1.807) is 0 Å². The van der Waals surface area contributed by atoms with Gasteiger partial charge in [-0.2, -0.15) is 0 Å². The first-order chi connectivity index (χ1) is 4.34. The monoisotopic (exact) mass is 130 g/mol. The number of rotatable bonds is 2. The Morgan fingerprint density at radius 2 is 2.44 bits per heavy atom. The Balaban J connectivity index is 2.22. The second-order valence-electron chi connectivity index (χ2n) is 2.60. The molecular formula is C7H14O2. The topological polar surface area (TPSA) is 29.5 Å². The van der Waals surface area contributed by atoms with Gasteiger partial charge in [0.15, 0.2) is 6.29 Å². The van der Waals surface area contributed by atoms with Crippen molar-refractivity contribution in [3.63, 3.8) is 0 Å². The predicted molar refractivity (Wildman–Crippen MR) is 35.0 cm³/mol. The number of ether oxygens (including phenoxy) is 1. The minimum atomic E-state index is -0.468. The summed E-state index contributed by atoms with van der Waals surface area (Å²) in [6, 6.07) is 0. The zero-order chi connectivity index (χ0) is 6.69. The van der Waals surface area contributed by atoms with E-state index in [0.717, 1.165) is 25.9 Å². The number of aliphatic hydroxyl groups is 1. The van der Waals surface area contributed by atoms with Crippen LogP contribution in [-0.4, -0.2) is 18.0 Å². The fraction of sp³-hybridized carbons (Fsp3) is 1.00. The molecule has 0 aromatic rings. The van der Waals surface area contributed by atoms with Crippen molar-refractivity contribution in [3.05, 3.63) is 0 Å². The van der Waals surface area contributed by atoms with Gasteiger partial charge in [-0.25, -0.2) is 0 Å². The molecule has 0 aromatic heterocycles. The van der Waals surface area contributed by atoms with Gasteiger partial charge in [0.05, 0.1) is 6.61 Å². The van der Waals surface area contributed by atoms with Gasteiger partial charge in [0, 0.05) is 5.92 Å². The van der Waals surface area contributed by atoms with E-state index >= 15 is 0 Å². The Bertz CT molecular complexity index is 83.0. The van der Waals surface area contributed by atoms with Crippen molar-refractivity contribution in [3.8, 4) is 0 Å². The quantitative estimate of drug-likeness (QED) is 0.607. The Morgan fingerprint density at radius 3 is 2.89 bits per heavy atom. The average molecular weight is 130 g/mol. The first-order valence-electron chi connectivity index (χ1n) is 3.64. The van der Waals surface area contributed by atoms with E-state index in [9.17, 15) is 0 Å². The molecule has 1 rings (SSSR count). The molecule has 2 nitrogen and oxygen atoms in total. The molecule has 0 spiro atoms. The van der Waals surface area contributed by atoms with E-state index in [-0.39, 0.29) is 0 Å². The average Bonchev–Trinajstić information content (AvgIpc) is 2.18. The summed E-state index contributed by atoms with van der Waals surface area (Å²) in [6.45, 7) is 2.87. The molecule has 0 saturated carbocycles. The third kappa shape index (κ3) is 1.66. The van der Waals surface area contributed by atoms with Crippen LogP contribution in [0.4, 0.5) is 0 Å². The second-order valence-corrected chi connectivity index (χ2v) is 2.60. The summed E-state index contributed by atoms with van der Waals surface area (Å²) < 4.78 is 4.97. The molecule has 0 aromatic carbocycles. The lowest BCUT2D eigenvalue weighted by atomic mass is 10.0. The fourth-order valence-corrected chi connectivity index (χ4v) is 1.28. The van der Waals surface area contributed by atoms with Crippen LogP contribution in [0, 0.1) is 5.92 Å². The van der Waals surface area contributed by atoms with Gasteiger partial charge in [-0.1, -0.05) is 13.3 Å². The highest BCUT2D eigenvalue weighted by atomic mass is 16.6. The van der Waals surface area contributed by atoms with Crippen molar-refractivity contribution >= 4 is 0 Å². The highest BCUT2D eigenvalue weighted by Crippen LogP contribution is 2.22. The van der Waals surface area contributed by atoms with Crippen LogP contribution in [0.25, 0.3) is 0 Å². The molecule has 0 aliphatic carbocycles. The van der Waals surface area contributed by atoms with Gasteiger partial charge in [-0.05, 0) is 12.8 Å². The van der Waals surface area contributed by atoms with Crippen LogP contribution in [-0.2, 0) is 4.74 Å². The Kier molecular flexibility index (Phi) is 2.49. The molecule has 9 heavy (non-hydrogen) atoms. The Morgan fingerprint density at radius 1 is 1.67 bits per heavy atom. The molecule has 0 radical (unpaired) electrons. The molecule has 54 valence electrons. The lowest BCUT2D eigenvalue weighted by Gasteiger charge is -2.09. The van der Waals surface area contributed by atoms with Crippen LogP contribution in [0.2, 0.25) is 0 Å². The van der Waals surface area contributed by atoms with E-state index in [1.807, 2.05) is 0 Å². The molecule has 1 N–H and O–H groups in total. The zero-order valence-corrected chi connectivity index (χ0v) is 5.84. The summed E-state index contributed by atoms with van der Waals surface area (Å²) in [7, 11) is 0. The van der Waals surface area contributed by atoms with Crippen molar-refractivity contribution in [2.75, 3.05) is 6.61 Å². The maximum Gasteiger partial charge on any atom is 0.157 e. The number of hydrogen-bond donors (Lipinski definition) is 1. The highest BCUT2D eigenvalue weighted by molar-refractivity contribution is 4.66. The maximum atomic E-state index is 9.10. The summed E-state index contributed by atoms with van der Waals surface area (Å²) in [5.74, 6) is 0.412. The van der Waals surface area contributed by atoms with Crippen LogP contribution >= 0.6 is 0 Å². The largest absolute Gasteiger partial charge is 0.368 e. The van der Waals surface area contributed by atoms with Gasteiger partial charge < -0.3 is 9.84 Å². The molecule has 1 aliphatic rings. The predicted octanol–water partition coefficient (Wildman–Crippen LogP) is 1.14. The summed E-state index contributed by atoms with van der Waals surface area (Å²) in [5, 5.41) is 9.10. The Hall–Kier alpha value is -0.0800. The second kappa shape index (κ2) is 3.18. The van der Waals surface area contributed by atoms with Gasteiger partial charge in [0.2, 0.25) is 0 Å². The summed E-state index contributed by atoms with van der Waals surface area (Å²) in [5.41, 5.74) is 0. The van der Waals surface area contributed by atoms with E-state index in [1.165, 1.54) is 0 Å². The molecule has 1 heterocycles. The van der Waals surface area contributed by atoms with Gasteiger partial charge in [-0.3, -0.25) is 0 Å². The molecule has 0 amide bonds. The SMILES string of the molecule is CCC[C@@H]1CCOC1O. The van der Waals surface area contributed by atoms with Crippen molar-refractivity contribution < 1.29 is 9.84 Å². The maximum absolute atomic E-state index is 9.10. The van der Waals surface area contributed by atoms with E-state index in [0.29, 0.717) is 5.92 Å². The third-order valence-electron chi connectivity index (χ3n) is 1.84. The van der Waals surface area contributed by atoms with Gasteiger partial charge in [0.25, 0.3) is 0 Å². The molecule has 0 bridgehead atoms. The van der Waals surface area contributed by atoms with Crippen LogP contribution in [0.15, 0.2) is 0 Å². The van der Waals surface area contributed by atoms with Crippen molar-refractivity contribution in [1.82, 2.24) is 0 Å². The molecule has 1 fully saturated rings. The molecule has 2 atom stereocenters. The smallest absolute Gasteiger partial charge is 0.157 e. The summed E-state index contributed by atoms with van der Waals surface area (Å²) >= 11 is 0. The third-order valence-corrected chi connectivity index (χ3v) is 1.84. The lowest BCUT2D eigenvalue weighted by molar-refractivity contribution is -0.0834. The number of hydrogen-bond acceptors (Lipinski definition) is 2.